The average molecular weight is 893 g/mol. The summed E-state index contributed by atoms with van der Waals surface area (Å²) in [6.45, 7) is 7.20. The van der Waals surface area contributed by atoms with Crippen LogP contribution in [0.2, 0.25) is 0 Å². The summed E-state index contributed by atoms with van der Waals surface area (Å²) in [6, 6.07) is 13.1. The molecule has 0 aliphatic carbocycles. The summed E-state index contributed by atoms with van der Waals surface area (Å²) >= 11 is 0. The Morgan fingerprint density at radius 3 is 2.00 bits per heavy atom. The van der Waals surface area contributed by atoms with Gasteiger partial charge in [0.05, 0.1) is 19.3 Å². The monoisotopic (exact) mass is 893 g/mol. The van der Waals surface area contributed by atoms with E-state index >= 15 is 0 Å². The van der Waals surface area contributed by atoms with Crippen molar-refractivity contribution in [1.29, 1.82) is 0 Å². The van der Waals surface area contributed by atoms with Crippen molar-refractivity contribution >= 4 is 35.4 Å². The van der Waals surface area contributed by atoms with Gasteiger partial charge in [-0.3, -0.25) is 28.8 Å². The maximum atomic E-state index is 13.4. The van der Waals surface area contributed by atoms with Crippen molar-refractivity contribution in [2.45, 2.75) is 83.8 Å². The van der Waals surface area contributed by atoms with Gasteiger partial charge in [0.1, 0.15) is 18.1 Å². The number of nitrogens with two attached hydrogens (primary N) is 1. The van der Waals surface area contributed by atoms with Crippen LogP contribution in [-0.2, 0) is 59.6 Å². The first-order valence-electron chi connectivity index (χ1n) is 15.8. The molecule has 1 fully saturated rings. The number of amides is 6. The number of primary amides is 1. The fourth-order valence-electron chi connectivity index (χ4n) is 5.34. The molecule has 265 valence electrons. The third-order valence-corrected chi connectivity index (χ3v) is 7.82. The molecule has 1 radical (unpaired) electrons. The van der Waals surface area contributed by atoms with Crippen molar-refractivity contribution in [2.24, 2.45) is 11.7 Å². The molecule has 5 atom stereocenters. The first-order valence-corrected chi connectivity index (χ1v) is 15.8. The van der Waals surface area contributed by atoms with Crippen LogP contribution in [0.5, 0.6) is 0 Å². The van der Waals surface area contributed by atoms with E-state index in [-0.39, 0.29) is 92.2 Å². The van der Waals surface area contributed by atoms with E-state index in [0.29, 0.717) is 19.4 Å². The number of likely N-dealkylation sites (tertiary alicyclic amines) is 1. The Bertz CT molecular complexity index is 1400. The van der Waals surface area contributed by atoms with Crippen LogP contribution in [0.1, 0.15) is 64.1 Å². The van der Waals surface area contributed by atoms with Gasteiger partial charge in [0, 0.05) is 74.2 Å². The molecule has 0 bridgehead atoms. The molecule has 49 heavy (non-hydrogen) atoms. The zero-order chi connectivity index (χ0) is 34.5. The van der Waals surface area contributed by atoms with Gasteiger partial charge >= 0.3 is 0 Å². The summed E-state index contributed by atoms with van der Waals surface area (Å²) in [5, 5.41) is 10.4. The van der Waals surface area contributed by atoms with E-state index in [1.807, 2.05) is 74.5 Å². The SMILES string of the molecule is CC(=O)N1CCCC1C(=O)N[C@@H](CC(C)C)C(=O)NC(C(N)=O)C(=O)N[C@@H](COCc1ccccc1)C(=O)N[C@@H](C)c1ccccc1.[Pr].[Ru]. The number of benzene rings is 2. The number of rotatable bonds is 16. The summed E-state index contributed by atoms with van der Waals surface area (Å²) < 4.78 is 5.76. The zero-order valence-corrected chi connectivity index (χ0v) is 33.7. The quantitative estimate of drug-likeness (QED) is 0.123. The fourth-order valence-corrected chi connectivity index (χ4v) is 5.34. The predicted octanol–water partition coefficient (Wildman–Crippen LogP) is 1.07. The summed E-state index contributed by atoms with van der Waals surface area (Å²) in [4.78, 5) is 79.2. The number of carbonyl (C=O) groups is 6. The summed E-state index contributed by atoms with van der Waals surface area (Å²) in [7, 11) is 0. The molecular weight excluding hydrogens is 846 g/mol. The summed E-state index contributed by atoms with van der Waals surface area (Å²) in [5.74, 6) is -4.37. The van der Waals surface area contributed by atoms with Gasteiger partial charge in [0.15, 0.2) is 6.04 Å². The Morgan fingerprint density at radius 1 is 0.837 bits per heavy atom. The van der Waals surface area contributed by atoms with Crippen LogP contribution < -0.4 is 27.0 Å². The first kappa shape index (κ1) is 44.2. The van der Waals surface area contributed by atoms with Crippen molar-refractivity contribution in [1.82, 2.24) is 26.2 Å². The number of hydrogen-bond donors (Lipinski definition) is 5. The van der Waals surface area contributed by atoms with E-state index in [4.69, 9.17) is 10.5 Å². The van der Waals surface area contributed by atoms with Gasteiger partial charge in [0.25, 0.3) is 5.91 Å². The molecule has 6 N–H and O–H groups in total. The van der Waals surface area contributed by atoms with Crippen molar-refractivity contribution in [3.8, 4) is 0 Å². The molecule has 13 nitrogen and oxygen atoms in total. The number of hydrogen-bond acceptors (Lipinski definition) is 7. The van der Waals surface area contributed by atoms with Crippen molar-refractivity contribution in [3.63, 3.8) is 0 Å². The van der Waals surface area contributed by atoms with E-state index in [1.165, 1.54) is 11.8 Å². The van der Waals surface area contributed by atoms with Gasteiger partial charge in [-0.25, -0.2) is 0 Å². The van der Waals surface area contributed by atoms with Gasteiger partial charge in [-0.1, -0.05) is 74.5 Å². The molecule has 3 rings (SSSR count). The topological polar surface area (TPSA) is 189 Å². The van der Waals surface area contributed by atoms with Crippen molar-refractivity contribution < 1.29 is 94.3 Å². The Kier molecular flexibility index (Phi) is 20.0. The van der Waals surface area contributed by atoms with E-state index < -0.39 is 59.7 Å². The summed E-state index contributed by atoms with van der Waals surface area (Å²) in [6.07, 6.45) is 1.29. The Morgan fingerprint density at radius 2 is 1.43 bits per heavy atom. The molecule has 0 spiro atoms. The third kappa shape index (κ3) is 14.2. The fraction of sp³-hybridized carbons (Fsp3) is 0.471. The molecule has 1 saturated heterocycles. The van der Waals surface area contributed by atoms with Gasteiger partial charge in [0.2, 0.25) is 29.5 Å². The van der Waals surface area contributed by atoms with E-state index in [2.05, 4.69) is 21.3 Å². The van der Waals surface area contributed by atoms with E-state index in [0.717, 1.165) is 11.1 Å². The molecule has 1 heterocycles. The minimum absolute atomic E-state index is 0. The average Bonchev–Trinajstić information content (AvgIpc) is 3.54. The van der Waals surface area contributed by atoms with Crippen LogP contribution in [-0.4, -0.2) is 77.7 Å². The number of carbonyl (C=O) groups excluding carboxylic acids is 6. The summed E-state index contributed by atoms with van der Waals surface area (Å²) in [5.41, 5.74) is 7.23. The molecular formula is C34H46N6O7PrRu. The molecule has 0 aromatic heterocycles. The van der Waals surface area contributed by atoms with Crippen LogP contribution in [0.3, 0.4) is 0 Å². The van der Waals surface area contributed by atoms with E-state index in [9.17, 15) is 28.8 Å². The second-order valence-corrected chi connectivity index (χ2v) is 12.1. The zero-order valence-electron chi connectivity index (χ0n) is 28.3. The van der Waals surface area contributed by atoms with Gasteiger partial charge < -0.3 is 36.6 Å². The second kappa shape index (κ2) is 22.1. The molecule has 6 amide bonds. The van der Waals surface area contributed by atoms with Crippen LogP contribution in [0, 0.1) is 47.2 Å². The van der Waals surface area contributed by atoms with Crippen molar-refractivity contribution in [3.05, 3.63) is 71.8 Å². The molecule has 1 aliphatic rings. The number of ether oxygens (including phenoxy) is 1. The first-order chi connectivity index (χ1) is 22.4. The van der Waals surface area contributed by atoms with Crippen LogP contribution in [0.4, 0.5) is 0 Å². The molecule has 0 saturated carbocycles. The standard InChI is InChI=1S/C34H46N6O7.Pr.Ru/c1-21(2)18-26(37-33(45)28-16-11-17-40(28)23(4)41)31(43)39-29(30(35)42)34(46)38-27(20-47-19-24-12-7-5-8-13-24)32(44)36-22(3)25-14-9-6-10-15-25;;/h5-10,12-15,21-22,26-29H,11,16-20H2,1-4H3,(H2,35,42)(H,36,44)(H,37,45)(H,38,46)(H,39,43);;/t22-,26-,27-,28?,29?;;/m0../s1. The predicted molar refractivity (Wildman–Crippen MR) is 174 cm³/mol. The van der Waals surface area contributed by atoms with Crippen LogP contribution in [0.25, 0.3) is 0 Å². The van der Waals surface area contributed by atoms with E-state index in [1.54, 1.807) is 6.92 Å². The number of nitrogens with zero attached hydrogens (tertiary/aromatic N) is 1. The third-order valence-electron chi connectivity index (χ3n) is 7.82. The number of nitrogens with one attached hydrogen (secondary N) is 4. The Balaban J connectivity index is 0.00000600. The van der Waals surface area contributed by atoms with Crippen LogP contribution >= 0.6 is 0 Å². The van der Waals surface area contributed by atoms with Crippen LogP contribution in [0.15, 0.2) is 60.7 Å². The molecule has 2 aromatic rings. The molecule has 15 heteroatoms. The Hall–Kier alpha value is -2.79. The van der Waals surface area contributed by atoms with Gasteiger partial charge in [-0.2, -0.15) is 0 Å². The molecule has 2 aromatic carbocycles. The maximum Gasteiger partial charge on any atom is 0.253 e. The molecule has 1 aliphatic heterocycles. The minimum atomic E-state index is -1.86. The maximum absolute atomic E-state index is 13.4. The van der Waals surface area contributed by atoms with Gasteiger partial charge in [-0.15, -0.1) is 0 Å². The second-order valence-electron chi connectivity index (χ2n) is 12.1. The Labute approximate surface area is 333 Å². The molecule has 2 unspecified atom stereocenters. The largest absolute Gasteiger partial charge is 0.374 e. The minimum Gasteiger partial charge on any atom is -0.374 e. The smallest absolute Gasteiger partial charge is 0.253 e. The van der Waals surface area contributed by atoms with Crippen molar-refractivity contribution in [2.75, 3.05) is 13.2 Å². The van der Waals surface area contributed by atoms with Gasteiger partial charge in [-0.05, 0) is 43.2 Å². The normalized spacial score (nSPS) is 16.1.